The maximum Gasteiger partial charge on any atom is 0.257 e. The van der Waals surface area contributed by atoms with Crippen molar-refractivity contribution < 1.29 is 32.0 Å². The summed E-state index contributed by atoms with van der Waals surface area (Å²) in [5.74, 6) is -13.5. The standard InChI is InChI=1S/C9H6F5N3O2/c10-4-3(9(18)16-1-2(15)17-19)5(11)7(13)8(14)6(4)12/h19H,1H2,(H2,15,17)(H,16,18). The smallest absolute Gasteiger partial charge is 0.257 e. The van der Waals surface area contributed by atoms with Gasteiger partial charge < -0.3 is 16.3 Å². The molecule has 0 saturated carbocycles. The van der Waals surface area contributed by atoms with Gasteiger partial charge in [-0.3, -0.25) is 4.79 Å². The Morgan fingerprint density at radius 2 is 1.47 bits per heavy atom. The molecule has 104 valence electrons. The predicted molar refractivity (Wildman–Crippen MR) is 52.0 cm³/mol. The van der Waals surface area contributed by atoms with Gasteiger partial charge in [-0.2, -0.15) is 0 Å². The highest BCUT2D eigenvalue weighted by atomic mass is 19.2. The Morgan fingerprint density at radius 3 is 1.89 bits per heavy atom. The summed E-state index contributed by atoms with van der Waals surface area (Å²) in [4.78, 5) is 11.3. The Hall–Kier alpha value is -2.39. The van der Waals surface area contributed by atoms with Gasteiger partial charge >= 0.3 is 0 Å². The quantitative estimate of drug-likeness (QED) is 0.146. The average molecular weight is 283 g/mol. The Bertz CT molecular complexity index is 532. The highest BCUT2D eigenvalue weighted by Gasteiger charge is 2.29. The normalized spacial score (nSPS) is 11.5. The first-order valence-electron chi connectivity index (χ1n) is 4.57. The number of carbonyl (C=O) groups excluding carboxylic acids is 1. The van der Waals surface area contributed by atoms with Crippen LogP contribution in [0.25, 0.3) is 0 Å². The number of nitrogens with one attached hydrogen (secondary N) is 1. The van der Waals surface area contributed by atoms with Gasteiger partial charge in [0.2, 0.25) is 5.82 Å². The number of nitrogens with zero attached hydrogens (tertiary/aromatic N) is 1. The lowest BCUT2D eigenvalue weighted by Gasteiger charge is -2.08. The molecule has 0 saturated heterocycles. The van der Waals surface area contributed by atoms with Crippen LogP contribution in [-0.2, 0) is 0 Å². The van der Waals surface area contributed by atoms with E-state index in [2.05, 4.69) is 5.16 Å². The maximum absolute atomic E-state index is 13.2. The summed E-state index contributed by atoms with van der Waals surface area (Å²) in [5, 5.41) is 12.3. The van der Waals surface area contributed by atoms with Gasteiger partial charge in [-0.05, 0) is 0 Å². The van der Waals surface area contributed by atoms with Crippen LogP contribution in [-0.4, -0.2) is 23.5 Å². The molecule has 10 heteroatoms. The largest absolute Gasteiger partial charge is 0.409 e. The molecule has 0 heterocycles. The number of halogens is 5. The molecule has 0 bridgehead atoms. The van der Waals surface area contributed by atoms with E-state index in [4.69, 9.17) is 10.9 Å². The molecule has 19 heavy (non-hydrogen) atoms. The van der Waals surface area contributed by atoms with Gasteiger partial charge in [0.25, 0.3) is 5.91 Å². The summed E-state index contributed by atoms with van der Waals surface area (Å²) in [6, 6.07) is 0. The summed E-state index contributed by atoms with van der Waals surface area (Å²) >= 11 is 0. The van der Waals surface area contributed by atoms with Crippen molar-refractivity contribution in [2.75, 3.05) is 6.54 Å². The van der Waals surface area contributed by atoms with Crippen molar-refractivity contribution in [3.63, 3.8) is 0 Å². The lowest BCUT2D eigenvalue weighted by atomic mass is 10.1. The summed E-state index contributed by atoms with van der Waals surface area (Å²) in [6.45, 7) is -0.644. The van der Waals surface area contributed by atoms with Crippen molar-refractivity contribution in [2.24, 2.45) is 10.9 Å². The van der Waals surface area contributed by atoms with Crippen molar-refractivity contribution in [3.8, 4) is 0 Å². The Morgan fingerprint density at radius 1 is 1.05 bits per heavy atom. The first kappa shape index (κ1) is 14.7. The van der Waals surface area contributed by atoms with Gasteiger partial charge in [0.05, 0.1) is 6.54 Å². The van der Waals surface area contributed by atoms with Crippen LogP contribution < -0.4 is 11.1 Å². The van der Waals surface area contributed by atoms with Gasteiger partial charge in [0, 0.05) is 0 Å². The number of oxime groups is 1. The first-order chi connectivity index (χ1) is 8.81. The van der Waals surface area contributed by atoms with Crippen molar-refractivity contribution in [1.29, 1.82) is 0 Å². The summed E-state index contributed by atoms with van der Waals surface area (Å²) in [5.41, 5.74) is 3.30. The molecule has 0 aromatic heterocycles. The topological polar surface area (TPSA) is 87.7 Å². The van der Waals surface area contributed by atoms with Crippen molar-refractivity contribution >= 4 is 11.7 Å². The zero-order valence-corrected chi connectivity index (χ0v) is 8.98. The monoisotopic (exact) mass is 283 g/mol. The molecule has 1 aromatic carbocycles. The number of amidine groups is 1. The third-order valence-electron chi connectivity index (χ3n) is 2.00. The molecule has 1 amide bonds. The van der Waals surface area contributed by atoms with Crippen LogP contribution in [0.15, 0.2) is 5.16 Å². The SMILES string of the molecule is N/C(CNC(=O)c1c(F)c(F)c(F)c(F)c1F)=N\O. The molecule has 1 rings (SSSR count). The van der Waals surface area contributed by atoms with Gasteiger partial charge in [-0.15, -0.1) is 0 Å². The molecule has 0 aliphatic heterocycles. The number of hydrogen-bond acceptors (Lipinski definition) is 3. The second-order valence-electron chi connectivity index (χ2n) is 3.22. The van der Waals surface area contributed by atoms with Gasteiger partial charge in [0.15, 0.2) is 29.1 Å². The number of amides is 1. The number of nitrogens with two attached hydrogens (primary N) is 1. The molecule has 0 fully saturated rings. The maximum atomic E-state index is 13.2. The third-order valence-corrected chi connectivity index (χ3v) is 2.00. The van der Waals surface area contributed by atoms with Crippen LogP contribution in [0.3, 0.4) is 0 Å². The second kappa shape index (κ2) is 5.50. The zero-order chi connectivity index (χ0) is 14.7. The van der Waals surface area contributed by atoms with E-state index >= 15 is 0 Å². The molecule has 0 radical (unpaired) electrons. The number of rotatable bonds is 3. The molecule has 4 N–H and O–H groups in total. The van der Waals surface area contributed by atoms with E-state index < -0.39 is 52.9 Å². The zero-order valence-electron chi connectivity index (χ0n) is 8.98. The van der Waals surface area contributed by atoms with E-state index in [-0.39, 0.29) is 0 Å². The number of carbonyl (C=O) groups is 1. The van der Waals surface area contributed by atoms with E-state index in [1.54, 1.807) is 5.32 Å². The van der Waals surface area contributed by atoms with Crippen LogP contribution in [0.2, 0.25) is 0 Å². The summed E-state index contributed by atoms with van der Waals surface area (Å²) < 4.78 is 64.6. The van der Waals surface area contributed by atoms with E-state index in [9.17, 15) is 26.7 Å². The van der Waals surface area contributed by atoms with E-state index in [0.717, 1.165) is 0 Å². The Labute approximate surface area is 102 Å². The molecule has 1 aromatic rings. The van der Waals surface area contributed by atoms with Crippen molar-refractivity contribution in [1.82, 2.24) is 5.32 Å². The fourth-order valence-corrected chi connectivity index (χ4v) is 1.10. The molecule has 0 aliphatic rings. The van der Waals surface area contributed by atoms with Crippen LogP contribution in [0.4, 0.5) is 22.0 Å². The van der Waals surface area contributed by atoms with Crippen molar-refractivity contribution in [3.05, 3.63) is 34.6 Å². The average Bonchev–Trinajstić information content (AvgIpc) is 2.40. The minimum absolute atomic E-state index is 0.530. The van der Waals surface area contributed by atoms with E-state index in [1.807, 2.05) is 0 Å². The Balaban J connectivity index is 3.17. The van der Waals surface area contributed by atoms with Crippen molar-refractivity contribution in [2.45, 2.75) is 0 Å². The number of hydrogen-bond donors (Lipinski definition) is 3. The Kier molecular flexibility index (Phi) is 4.25. The van der Waals surface area contributed by atoms with Gasteiger partial charge in [-0.1, -0.05) is 5.16 Å². The molecule has 5 nitrogen and oxygen atoms in total. The van der Waals surface area contributed by atoms with Crippen LogP contribution in [0.1, 0.15) is 10.4 Å². The highest BCUT2D eigenvalue weighted by molar-refractivity contribution is 5.97. The summed E-state index contributed by atoms with van der Waals surface area (Å²) in [6.07, 6.45) is 0. The lowest BCUT2D eigenvalue weighted by molar-refractivity contribution is 0.0947. The van der Waals surface area contributed by atoms with Crippen LogP contribution >= 0.6 is 0 Å². The molecular formula is C9H6F5N3O2. The minimum Gasteiger partial charge on any atom is -0.409 e. The molecule has 0 spiro atoms. The fourth-order valence-electron chi connectivity index (χ4n) is 1.10. The fraction of sp³-hybridized carbons (Fsp3) is 0.111. The lowest BCUT2D eigenvalue weighted by Crippen LogP contribution is -2.35. The molecule has 0 atom stereocenters. The van der Waals surface area contributed by atoms with E-state index in [0.29, 0.717) is 0 Å². The molecule has 0 aliphatic carbocycles. The molecule has 0 unspecified atom stereocenters. The van der Waals surface area contributed by atoms with Gasteiger partial charge in [-0.25, -0.2) is 22.0 Å². The van der Waals surface area contributed by atoms with Crippen LogP contribution in [0.5, 0.6) is 0 Å². The number of benzene rings is 1. The predicted octanol–water partition coefficient (Wildman–Crippen LogP) is 0.858. The van der Waals surface area contributed by atoms with Gasteiger partial charge in [0.1, 0.15) is 5.56 Å². The second-order valence-corrected chi connectivity index (χ2v) is 3.22. The molecular weight excluding hydrogens is 277 g/mol. The van der Waals surface area contributed by atoms with Crippen LogP contribution in [0, 0.1) is 29.1 Å². The minimum atomic E-state index is -2.37. The first-order valence-corrected chi connectivity index (χ1v) is 4.57. The summed E-state index contributed by atoms with van der Waals surface area (Å²) in [7, 11) is 0. The highest BCUT2D eigenvalue weighted by Crippen LogP contribution is 2.22. The third kappa shape index (κ3) is 2.72. The van der Waals surface area contributed by atoms with E-state index in [1.165, 1.54) is 0 Å².